The van der Waals surface area contributed by atoms with Gasteiger partial charge in [-0.15, -0.1) is 0 Å². The number of rotatable bonds is 8. The maximum atomic E-state index is 11.8. The normalized spacial score (nSPS) is 13.1. The summed E-state index contributed by atoms with van der Waals surface area (Å²) in [6, 6.07) is 3.20. The number of nitrogens with one attached hydrogen (secondary N) is 2. The van der Waals surface area contributed by atoms with Crippen molar-refractivity contribution in [2.24, 2.45) is 0 Å². The van der Waals surface area contributed by atoms with E-state index in [1.807, 2.05) is 32.9 Å². The molecule has 1 atom stereocenters. The Morgan fingerprint density at radius 2 is 1.87 bits per heavy atom. The Labute approximate surface area is 138 Å². The van der Waals surface area contributed by atoms with E-state index in [1.165, 1.54) is 10.6 Å². The smallest absolute Gasteiger partial charge is 0.315 e. The number of hydrogen-bond acceptors (Lipinski definition) is 4. The molecule has 0 unspecified atom stereocenters. The van der Waals surface area contributed by atoms with Gasteiger partial charge in [0.15, 0.2) is 0 Å². The third-order valence-corrected chi connectivity index (χ3v) is 4.85. The van der Waals surface area contributed by atoms with Crippen molar-refractivity contribution in [3.05, 3.63) is 30.1 Å². The van der Waals surface area contributed by atoms with Gasteiger partial charge in [0.25, 0.3) is 0 Å². The van der Waals surface area contributed by atoms with Crippen LogP contribution in [0.4, 0.5) is 4.79 Å². The zero-order valence-electron chi connectivity index (χ0n) is 14.1. The van der Waals surface area contributed by atoms with Crippen molar-refractivity contribution >= 4 is 16.1 Å². The molecule has 1 rings (SSSR count). The number of carbonyl (C=O) groups is 1. The zero-order valence-corrected chi connectivity index (χ0v) is 14.9. The average molecular weight is 342 g/mol. The number of hydrogen-bond donors (Lipinski definition) is 2. The summed E-state index contributed by atoms with van der Waals surface area (Å²) in [5.74, 6) is 0. The molecule has 0 aliphatic rings. The molecule has 2 amide bonds. The maximum Gasteiger partial charge on any atom is 0.315 e. The minimum absolute atomic E-state index is 0.0921. The van der Waals surface area contributed by atoms with Gasteiger partial charge in [-0.3, -0.25) is 4.98 Å². The maximum absolute atomic E-state index is 11.8. The zero-order chi connectivity index (χ0) is 17.5. The van der Waals surface area contributed by atoms with Gasteiger partial charge in [-0.05, 0) is 44.9 Å². The minimum Gasteiger partial charge on any atom is -0.338 e. The monoisotopic (exact) mass is 342 g/mol. The molecule has 2 N–H and O–H groups in total. The molecule has 0 aliphatic carbocycles. The Morgan fingerprint density at radius 1 is 1.26 bits per heavy atom. The summed E-state index contributed by atoms with van der Waals surface area (Å²) < 4.78 is 24.7. The van der Waals surface area contributed by atoms with Crippen LogP contribution in [-0.4, -0.2) is 49.1 Å². The molecule has 0 saturated carbocycles. The van der Waals surface area contributed by atoms with Crippen LogP contribution in [0.3, 0.4) is 0 Å². The second-order valence-electron chi connectivity index (χ2n) is 5.72. The van der Waals surface area contributed by atoms with E-state index in [4.69, 9.17) is 0 Å². The number of carbonyl (C=O) groups excluding carboxylic acids is 1. The van der Waals surface area contributed by atoms with Crippen LogP contribution in [0.1, 0.15) is 38.8 Å². The first-order valence-electron chi connectivity index (χ1n) is 7.63. The van der Waals surface area contributed by atoms with E-state index in [2.05, 4.69) is 15.6 Å². The van der Waals surface area contributed by atoms with Crippen molar-refractivity contribution in [3.63, 3.8) is 0 Å². The summed E-state index contributed by atoms with van der Waals surface area (Å²) >= 11 is 0. The highest BCUT2D eigenvalue weighted by molar-refractivity contribution is 7.88. The van der Waals surface area contributed by atoms with E-state index in [1.54, 1.807) is 12.4 Å². The lowest BCUT2D eigenvalue weighted by Gasteiger charge is -2.24. The highest BCUT2D eigenvalue weighted by Crippen LogP contribution is 2.09. The molecule has 8 heteroatoms. The lowest BCUT2D eigenvalue weighted by atomic mass is 10.1. The van der Waals surface area contributed by atoms with E-state index >= 15 is 0 Å². The van der Waals surface area contributed by atoms with Crippen molar-refractivity contribution in [1.29, 1.82) is 0 Å². The summed E-state index contributed by atoms with van der Waals surface area (Å²) in [7, 11) is -3.22. The fraction of sp³-hybridized carbons (Fsp3) is 0.600. The molecule has 1 aromatic rings. The van der Waals surface area contributed by atoms with Gasteiger partial charge in [-0.1, -0.05) is 0 Å². The topological polar surface area (TPSA) is 91.4 Å². The molecular weight excluding hydrogens is 316 g/mol. The summed E-state index contributed by atoms with van der Waals surface area (Å²) in [6.07, 6.45) is 5.11. The first kappa shape index (κ1) is 19.4. The average Bonchev–Trinajstić information content (AvgIpc) is 2.46. The standard InChI is InChI=1S/C15H26N4O3S/c1-12(2)19(23(4,21)22)11-5-8-17-15(20)18-13(3)14-6-9-16-10-7-14/h6-7,9-10,12-13H,5,8,11H2,1-4H3,(H2,17,18,20)/t13-/m0/s1. The summed E-state index contributed by atoms with van der Waals surface area (Å²) in [5, 5.41) is 5.57. The minimum atomic E-state index is -3.22. The molecule has 7 nitrogen and oxygen atoms in total. The van der Waals surface area contributed by atoms with E-state index in [0.29, 0.717) is 19.5 Å². The summed E-state index contributed by atoms with van der Waals surface area (Å²) in [4.78, 5) is 15.8. The SMILES string of the molecule is CC(C)N(CCCNC(=O)N[C@@H](C)c1ccncc1)S(C)(=O)=O. The van der Waals surface area contributed by atoms with Gasteiger partial charge in [0.1, 0.15) is 0 Å². The third-order valence-electron chi connectivity index (χ3n) is 3.40. The molecule has 23 heavy (non-hydrogen) atoms. The number of sulfonamides is 1. The van der Waals surface area contributed by atoms with E-state index < -0.39 is 10.0 Å². The summed E-state index contributed by atoms with van der Waals surface area (Å²) in [5.41, 5.74) is 0.971. The molecule has 1 heterocycles. The molecule has 1 aromatic heterocycles. The Hall–Kier alpha value is -1.67. The van der Waals surface area contributed by atoms with Gasteiger partial charge in [-0.2, -0.15) is 4.31 Å². The van der Waals surface area contributed by atoms with Crippen LogP contribution in [0.25, 0.3) is 0 Å². The molecule has 0 radical (unpaired) electrons. The van der Waals surface area contributed by atoms with Crippen molar-refractivity contribution in [3.8, 4) is 0 Å². The van der Waals surface area contributed by atoms with Crippen molar-refractivity contribution in [1.82, 2.24) is 19.9 Å². The quantitative estimate of drug-likeness (QED) is 0.701. The Bertz CT molecular complexity index is 590. The number of amides is 2. The lowest BCUT2D eigenvalue weighted by Crippen LogP contribution is -2.40. The predicted molar refractivity (Wildman–Crippen MR) is 90.5 cm³/mol. The molecular formula is C15H26N4O3S. The number of pyridine rings is 1. The van der Waals surface area contributed by atoms with Crippen molar-refractivity contribution < 1.29 is 13.2 Å². The van der Waals surface area contributed by atoms with Gasteiger partial charge in [0.05, 0.1) is 12.3 Å². The van der Waals surface area contributed by atoms with E-state index in [0.717, 1.165) is 5.56 Å². The van der Waals surface area contributed by atoms with Crippen LogP contribution in [-0.2, 0) is 10.0 Å². The van der Waals surface area contributed by atoms with E-state index in [-0.39, 0.29) is 18.1 Å². The lowest BCUT2D eigenvalue weighted by molar-refractivity contribution is 0.237. The Balaban J connectivity index is 2.34. The molecule has 0 aromatic carbocycles. The summed E-state index contributed by atoms with van der Waals surface area (Å²) in [6.45, 7) is 6.35. The van der Waals surface area contributed by atoms with Crippen LogP contribution in [0.2, 0.25) is 0 Å². The van der Waals surface area contributed by atoms with E-state index in [9.17, 15) is 13.2 Å². The van der Waals surface area contributed by atoms with Crippen LogP contribution >= 0.6 is 0 Å². The molecule has 130 valence electrons. The van der Waals surface area contributed by atoms with Gasteiger partial charge < -0.3 is 10.6 Å². The molecule has 0 fully saturated rings. The molecule has 0 saturated heterocycles. The van der Waals surface area contributed by atoms with Gasteiger partial charge in [0.2, 0.25) is 10.0 Å². The molecule has 0 aliphatic heterocycles. The number of aromatic nitrogens is 1. The van der Waals surface area contributed by atoms with Crippen LogP contribution in [0.5, 0.6) is 0 Å². The predicted octanol–water partition coefficient (Wildman–Crippen LogP) is 1.50. The van der Waals surface area contributed by atoms with Gasteiger partial charge >= 0.3 is 6.03 Å². The van der Waals surface area contributed by atoms with Crippen LogP contribution in [0.15, 0.2) is 24.5 Å². The Kier molecular flexibility index (Phi) is 7.44. The fourth-order valence-electron chi connectivity index (χ4n) is 2.23. The second-order valence-corrected chi connectivity index (χ2v) is 7.66. The van der Waals surface area contributed by atoms with Crippen LogP contribution < -0.4 is 10.6 Å². The molecule has 0 spiro atoms. The van der Waals surface area contributed by atoms with Crippen LogP contribution in [0, 0.1) is 0 Å². The number of nitrogens with zero attached hydrogens (tertiary/aromatic N) is 2. The van der Waals surface area contributed by atoms with Gasteiger partial charge in [-0.25, -0.2) is 13.2 Å². The largest absolute Gasteiger partial charge is 0.338 e. The highest BCUT2D eigenvalue weighted by Gasteiger charge is 2.19. The third kappa shape index (κ3) is 6.96. The highest BCUT2D eigenvalue weighted by atomic mass is 32.2. The fourth-order valence-corrected chi connectivity index (χ4v) is 3.45. The molecule has 0 bridgehead atoms. The Morgan fingerprint density at radius 3 is 2.39 bits per heavy atom. The van der Waals surface area contributed by atoms with Gasteiger partial charge in [0, 0.05) is 31.5 Å². The van der Waals surface area contributed by atoms with Crippen molar-refractivity contribution in [2.75, 3.05) is 19.3 Å². The first-order valence-corrected chi connectivity index (χ1v) is 9.47. The van der Waals surface area contributed by atoms with Crippen molar-refractivity contribution in [2.45, 2.75) is 39.3 Å². The second kappa shape index (κ2) is 8.83. The first-order chi connectivity index (χ1) is 10.7. The number of urea groups is 1.